The van der Waals surface area contributed by atoms with Crippen molar-refractivity contribution in [2.75, 3.05) is 14.1 Å². The summed E-state index contributed by atoms with van der Waals surface area (Å²) in [6.45, 7) is 4.59. The summed E-state index contributed by atoms with van der Waals surface area (Å²) in [5.41, 5.74) is 0. The van der Waals surface area contributed by atoms with E-state index in [0.29, 0.717) is 0 Å². The molecule has 11 heavy (non-hydrogen) atoms. The summed E-state index contributed by atoms with van der Waals surface area (Å²) in [5.74, 6) is 0. The Bertz CT molecular complexity index is 83.6. The van der Waals surface area contributed by atoms with E-state index in [1.165, 1.54) is 31.4 Å². The summed E-state index contributed by atoms with van der Waals surface area (Å²) in [6, 6.07) is 3.00. The lowest BCUT2D eigenvalue weighted by molar-refractivity contribution is 0.621. The van der Waals surface area contributed by atoms with Gasteiger partial charge in [-0.1, -0.05) is 33.1 Å². The maximum Gasteiger partial charge on any atom is 0.111 e. The van der Waals surface area contributed by atoms with Gasteiger partial charge in [0.2, 0.25) is 0 Å². The molecular weight excluding hydrogens is 150 g/mol. The van der Waals surface area contributed by atoms with E-state index in [2.05, 4.69) is 32.5 Å². The predicted octanol–water partition coefficient (Wildman–Crippen LogP) is 2.48. The van der Waals surface area contributed by atoms with Crippen LogP contribution in [0.4, 0.5) is 0 Å². The second-order valence-corrected chi connectivity index (χ2v) is 7.04. The monoisotopic (exact) mass is 173 g/mol. The van der Waals surface area contributed by atoms with E-state index < -0.39 is 8.96 Å². The highest BCUT2D eigenvalue weighted by Crippen LogP contribution is 2.09. The molecule has 2 heteroatoms. The molecule has 0 amide bonds. The molecule has 0 aliphatic carbocycles. The van der Waals surface area contributed by atoms with Crippen LogP contribution >= 0.6 is 0 Å². The number of rotatable bonds is 6. The molecule has 0 aromatic carbocycles. The van der Waals surface area contributed by atoms with Gasteiger partial charge in [-0.15, -0.1) is 0 Å². The van der Waals surface area contributed by atoms with Gasteiger partial charge in [0.05, 0.1) is 0 Å². The van der Waals surface area contributed by atoms with Crippen molar-refractivity contribution in [1.29, 1.82) is 0 Å². The van der Waals surface area contributed by atoms with Crippen LogP contribution in [0.1, 0.15) is 33.1 Å². The van der Waals surface area contributed by atoms with Gasteiger partial charge in [0.1, 0.15) is 8.96 Å². The first-order valence-corrected chi connectivity index (χ1v) is 7.03. The van der Waals surface area contributed by atoms with Gasteiger partial charge in [-0.3, -0.25) is 0 Å². The minimum Gasteiger partial charge on any atom is -0.331 e. The Labute approximate surface area is 73.5 Å². The van der Waals surface area contributed by atoms with E-state index in [1.54, 1.807) is 0 Å². The van der Waals surface area contributed by atoms with Crippen LogP contribution < -0.4 is 0 Å². The van der Waals surface area contributed by atoms with Gasteiger partial charge in [0, 0.05) is 0 Å². The third-order valence-electron chi connectivity index (χ3n) is 2.24. The third kappa shape index (κ3) is 5.45. The second-order valence-electron chi connectivity index (χ2n) is 3.55. The van der Waals surface area contributed by atoms with E-state index in [1.807, 2.05) is 0 Å². The Morgan fingerprint density at radius 3 is 2.00 bits per heavy atom. The molecule has 68 valence electrons. The van der Waals surface area contributed by atoms with Crippen LogP contribution in [0.15, 0.2) is 0 Å². The molecule has 0 saturated carbocycles. The first-order chi connectivity index (χ1) is 5.22. The van der Waals surface area contributed by atoms with Gasteiger partial charge in [-0.05, 0) is 26.2 Å². The fourth-order valence-corrected chi connectivity index (χ4v) is 4.30. The molecule has 0 heterocycles. The van der Waals surface area contributed by atoms with Crippen molar-refractivity contribution >= 4 is 8.96 Å². The Hall–Kier alpha value is 0.177. The van der Waals surface area contributed by atoms with E-state index in [-0.39, 0.29) is 0 Å². The Kier molecular flexibility index (Phi) is 6.97. The summed E-state index contributed by atoms with van der Waals surface area (Å²) in [7, 11) is 4.01. The molecule has 0 bridgehead atoms. The second kappa shape index (κ2) is 6.86. The van der Waals surface area contributed by atoms with Gasteiger partial charge in [-0.25, -0.2) is 0 Å². The van der Waals surface area contributed by atoms with Crippen LogP contribution in [0.3, 0.4) is 0 Å². The molecule has 0 N–H and O–H groups in total. The lowest BCUT2D eigenvalue weighted by Crippen LogP contribution is -2.31. The molecule has 1 nitrogen and oxygen atoms in total. The van der Waals surface area contributed by atoms with E-state index in [9.17, 15) is 0 Å². The zero-order valence-electron chi connectivity index (χ0n) is 8.56. The van der Waals surface area contributed by atoms with E-state index in [0.717, 1.165) is 0 Å². The SMILES string of the molecule is CCCC[SiH](CCC)N(C)C. The fourth-order valence-electron chi connectivity index (χ4n) is 1.43. The topological polar surface area (TPSA) is 3.24 Å². The van der Waals surface area contributed by atoms with E-state index in [4.69, 9.17) is 0 Å². The van der Waals surface area contributed by atoms with Crippen molar-refractivity contribution in [2.24, 2.45) is 0 Å². The van der Waals surface area contributed by atoms with Crippen LogP contribution in [0.5, 0.6) is 0 Å². The van der Waals surface area contributed by atoms with Crippen LogP contribution in [0, 0.1) is 0 Å². The van der Waals surface area contributed by atoms with Crippen molar-refractivity contribution in [3.63, 3.8) is 0 Å². The standard InChI is InChI=1S/C9H23NSi/c1-5-7-9-11(8-6-2)10(3)4/h11H,5-9H2,1-4H3. The zero-order valence-corrected chi connectivity index (χ0v) is 9.71. The van der Waals surface area contributed by atoms with Crippen LogP contribution in [0.2, 0.25) is 12.1 Å². The largest absolute Gasteiger partial charge is 0.331 e. The van der Waals surface area contributed by atoms with Crippen LogP contribution in [-0.2, 0) is 0 Å². The molecule has 1 unspecified atom stereocenters. The maximum absolute atomic E-state index is 2.50. The minimum atomic E-state index is -0.491. The minimum absolute atomic E-state index is 0.491. The smallest absolute Gasteiger partial charge is 0.111 e. The first-order valence-electron chi connectivity index (χ1n) is 4.88. The summed E-state index contributed by atoms with van der Waals surface area (Å²) in [5, 5.41) is 0. The Morgan fingerprint density at radius 1 is 1.00 bits per heavy atom. The average Bonchev–Trinajstić information content (AvgIpc) is 1.97. The quantitative estimate of drug-likeness (QED) is 0.558. The lowest BCUT2D eigenvalue weighted by Gasteiger charge is -2.21. The molecular formula is C9H23NSi. The molecule has 0 rings (SSSR count). The molecule has 0 saturated heterocycles. The molecule has 0 fully saturated rings. The molecule has 0 spiro atoms. The highest BCUT2D eigenvalue weighted by Gasteiger charge is 2.10. The number of hydrogen-bond donors (Lipinski definition) is 0. The van der Waals surface area contributed by atoms with Gasteiger partial charge in [0.15, 0.2) is 0 Å². The summed E-state index contributed by atoms with van der Waals surface area (Å²) >= 11 is 0. The third-order valence-corrected chi connectivity index (χ3v) is 6.02. The highest BCUT2D eigenvalue weighted by molar-refractivity contribution is 6.55. The van der Waals surface area contributed by atoms with Crippen molar-refractivity contribution < 1.29 is 0 Å². The van der Waals surface area contributed by atoms with Crippen LogP contribution in [-0.4, -0.2) is 27.6 Å². The van der Waals surface area contributed by atoms with Crippen molar-refractivity contribution in [2.45, 2.75) is 45.2 Å². The molecule has 0 aromatic heterocycles. The van der Waals surface area contributed by atoms with Crippen molar-refractivity contribution in [3.8, 4) is 0 Å². The van der Waals surface area contributed by atoms with Crippen molar-refractivity contribution in [3.05, 3.63) is 0 Å². The Balaban J connectivity index is 3.51. The van der Waals surface area contributed by atoms with Gasteiger partial charge in [0.25, 0.3) is 0 Å². The van der Waals surface area contributed by atoms with E-state index >= 15 is 0 Å². The molecule has 0 aromatic rings. The van der Waals surface area contributed by atoms with Crippen LogP contribution in [0.25, 0.3) is 0 Å². The van der Waals surface area contributed by atoms with Gasteiger partial charge >= 0.3 is 0 Å². The van der Waals surface area contributed by atoms with Gasteiger partial charge < -0.3 is 4.57 Å². The predicted molar refractivity (Wildman–Crippen MR) is 55.6 cm³/mol. The first kappa shape index (κ1) is 11.2. The molecule has 0 aliphatic rings. The summed E-state index contributed by atoms with van der Waals surface area (Å²) in [6.07, 6.45) is 4.18. The molecule has 0 aliphatic heterocycles. The zero-order chi connectivity index (χ0) is 8.69. The molecule has 0 radical (unpaired) electrons. The number of unbranched alkanes of at least 4 members (excludes halogenated alkanes) is 1. The van der Waals surface area contributed by atoms with Gasteiger partial charge in [-0.2, -0.15) is 0 Å². The molecule has 1 atom stereocenters. The lowest BCUT2D eigenvalue weighted by atomic mass is 10.4. The number of nitrogens with zero attached hydrogens (tertiary/aromatic N) is 1. The summed E-state index contributed by atoms with van der Waals surface area (Å²) < 4.78 is 2.50. The Morgan fingerprint density at radius 2 is 1.64 bits per heavy atom. The number of hydrogen-bond acceptors (Lipinski definition) is 1. The maximum atomic E-state index is 2.50. The normalized spacial score (nSPS) is 13.9. The average molecular weight is 173 g/mol. The summed E-state index contributed by atoms with van der Waals surface area (Å²) in [4.78, 5) is 0. The fraction of sp³-hybridized carbons (Fsp3) is 1.00. The highest BCUT2D eigenvalue weighted by atomic mass is 28.3. The van der Waals surface area contributed by atoms with Crippen molar-refractivity contribution in [1.82, 2.24) is 4.57 Å².